The molecule has 0 aromatic heterocycles. The van der Waals surface area contributed by atoms with E-state index in [2.05, 4.69) is 55.3 Å². The van der Waals surface area contributed by atoms with Crippen LogP contribution in [0.4, 0.5) is 0 Å². The molecular weight excluding hydrogens is 208 g/mol. The van der Waals surface area contributed by atoms with E-state index in [1.165, 1.54) is 24.1 Å². The van der Waals surface area contributed by atoms with Gasteiger partial charge in [0.25, 0.3) is 0 Å². The maximum absolute atomic E-state index is 3.60. The van der Waals surface area contributed by atoms with Crippen LogP contribution in [0.2, 0.25) is 0 Å². The second kappa shape index (κ2) is 5.19. The molecule has 1 aliphatic rings. The van der Waals surface area contributed by atoms with Crippen LogP contribution in [0.3, 0.4) is 0 Å². The summed E-state index contributed by atoms with van der Waals surface area (Å²) in [7, 11) is 0. The van der Waals surface area contributed by atoms with E-state index >= 15 is 0 Å². The molecule has 1 aliphatic heterocycles. The zero-order valence-electron chi connectivity index (χ0n) is 11.3. The molecule has 2 rings (SSSR count). The van der Waals surface area contributed by atoms with Crippen molar-refractivity contribution in [1.82, 2.24) is 10.2 Å². The zero-order chi connectivity index (χ0) is 12.3. The molecule has 0 saturated carbocycles. The predicted octanol–water partition coefficient (Wildman–Crippen LogP) is 2.57. The van der Waals surface area contributed by atoms with E-state index in [0.29, 0.717) is 0 Å². The van der Waals surface area contributed by atoms with E-state index in [1.807, 2.05) is 0 Å². The number of aryl methyl sites for hydroxylation is 1. The van der Waals surface area contributed by atoms with Crippen LogP contribution in [0, 0.1) is 6.92 Å². The summed E-state index contributed by atoms with van der Waals surface area (Å²) in [6.07, 6.45) is 1.25. The SMILES string of the molecule is Cc1ccc(CN2CCCNC(C)(C)C2)cc1. The van der Waals surface area contributed by atoms with Gasteiger partial charge >= 0.3 is 0 Å². The summed E-state index contributed by atoms with van der Waals surface area (Å²) in [5.74, 6) is 0. The van der Waals surface area contributed by atoms with Crippen LogP contribution >= 0.6 is 0 Å². The normalized spacial score (nSPS) is 21.1. The minimum atomic E-state index is 0.237. The van der Waals surface area contributed by atoms with Crippen LogP contribution in [0.1, 0.15) is 31.4 Å². The van der Waals surface area contributed by atoms with Crippen LogP contribution in [0.15, 0.2) is 24.3 Å². The first kappa shape index (κ1) is 12.6. The second-order valence-electron chi connectivity index (χ2n) is 5.86. The number of nitrogens with one attached hydrogen (secondary N) is 1. The third-order valence-corrected chi connectivity index (χ3v) is 3.40. The van der Waals surface area contributed by atoms with Gasteiger partial charge in [-0.1, -0.05) is 29.8 Å². The van der Waals surface area contributed by atoms with Gasteiger partial charge in [0.2, 0.25) is 0 Å². The summed E-state index contributed by atoms with van der Waals surface area (Å²) in [6.45, 7) is 11.3. The summed E-state index contributed by atoms with van der Waals surface area (Å²) in [5, 5.41) is 3.60. The molecule has 17 heavy (non-hydrogen) atoms. The summed E-state index contributed by atoms with van der Waals surface area (Å²) in [6, 6.07) is 8.91. The van der Waals surface area contributed by atoms with E-state index in [0.717, 1.165) is 19.6 Å². The van der Waals surface area contributed by atoms with E-state index < -0.39 is 0 Å². The minimum absolute atomic E-state index is 0.237. The molecule has 0 bridgehead atoms. The standard InChI is InChI=1S/C15H24N2/c1-13-5-7-14(8-6-13)11-17-10-4-9-16-15(2,3)12-17/h5-8,16H,4,9-12H2,1-3H3. The Hall–Kier alpha value is -0.860. The quantitative estimate of drug-likeness (QED) is 0.843. The highest BCUT2D eigenvalue weighted by molar-refractivity contribution is 5.21. The van der Waals surface area contributed by atoms with Crippen molar-refractivity contribution < 1.29 is 0 Å². The van der Waals surface area contributed by atoms with Gasteiger partial charge in [0.15, 0.2) is 0 Å². The lowest BCUT2D eigenvalue weighted by molar-refractivity contribution is 0.224. The molecule has 0 spiro atoms. The van der Waals surface area contributed by atoms with Crippen molar-refractivity contribution in [3.05, 3.63) is 35.4 Å². The van der Waals surface area contributed by atoms with Crippen molar-refractivity contribution in [3.8, 4) is 0 Å². The van der Waals surface area contributed by atoms with Crippen molar-refractivity contribution >= 4 is 0 Å². The Bertz CT molecular complexity index is 354. The average molecular weight is 232 g/mol. The van der Waals surface area contributed by atoms with Gasteiger partial charge in [0.05, 0.1) is 0 Å². The van der Waals surface area contributed by atoms with Crippen molar-refractivity contribution in [2.75, 3.05) is 19.6 Å². The predicted molar refractivity (Wildman–Crippen MR) is 73.2 cm³/mol. The van der Waals surface area contributed by atoms with Gasteiger partial charge in [-0.05, 0) is 45.8 Å². The second-order valence-corrected chi connectivity index (χ2v) is 5.86. The molecule has 0 atom stereocenters. The van der Waals surface area contributed by atoms with E-state index in [1.54, 1.807) is 0 Å². The van der Waals surface area contributed by atoms with Crippen molar-refractivity contribution in [1.29, 1.82) is 0 Å². The zero-order valence-corrected chi connectivity index (χ0v) is 11.3. The lowest BCUT2D eigenvalue weighted by Gasteiger charge is -2.30. The average Bonchev–Trinajstić information content (AvgIpc) is 2.43. The van der Waals surface area contributed by atoms with Crippen molar-refractivity contribution in [2.45, 2.75) is 39.3 Å². The van der Waals surface area contributed by atoms with Crippen molar-refractivity contribution in [2.24, 2.45) is 0 Å². The van der Waals surface area contributed by atoms with Gasteiger partial charge in [-0.25, -0.2) is 0 Å². The molecule has 0 amide bonds. The summed E-state index contributed by atoms with van der Waals surface area (Å²) in [5.41, 5.74) is 3.00. The molecule has 2 heteroatoms. The summed E-state index contributed by atoms with van der Waals surface area (Å²) in [4.78, 5) is 2.56. The maximum atomic E-state index is 3.60. The lowest BCUT2D eigenvalue weighted by atomic mass is 10.1. The molecule has 0 aliphatic carbocycles. The third kappa shape index (κ3) is 3.83. The molecule has 1 N–H and O–H groups in total. The minimum Gasteiger partial charge on any atom is -0.310 e. The molecule has 1 heterocycles. The number of hydrogen-bond acceptors (Lipinski definition) is 2. The van der Waals surface area contributed by atoms with Crippen LogP contribution in [0.5, 0.6) is 0 Å². The first-order valence-corrected chi connectivity index (χ1v) is 6.58. The number of benzene rings is 1. The lowest BCUT2D eigenvalue weighted by Crippen LogP contribution is -2.46. The fraction of sp³-hybridized carbons (Fsp3) is 0.600. The monoisotopic (exact) mass is 232 g/mol. The molecule has 1 saturated heterocycles. The number of rotatable bonds is 2. The number of nitrogens with zero attached hydrogens (tertiary/aromatic N) is 1. The first-order chi connectivity index (χ1) is 8.05. The van der Waals surface area contributed by atoms with Gasteiger partial charge in [-0.2, -0.15) is 0 Å². The highest BCUT2D eigenvalue weighted by Crippen LogP contribution is 2.14. The Morgan fingerprint density at radius 1 is 1.24 bits per heavy atom. The highest BCUT2D eigenvalue weighted by Gasteiger charge is 2.23. The third-order valence-electron chi connectivity index (χ3n) is 3.40. The molecule has 0 radical (unpaired) electrons. The first-order valence-electron chi connectivity index (χ1n) is 6.58. The Balaban J connectivity index is 1.99. The smallest absolute Gasteiger partial charge is 0.0252 e. The van der Waals surface area contributed by atoms with Crippen LogP contribution < -0.4 is 5.32 Å². The number of hydrogen-bond donors (Lipinski definition) is 1. The molecule has 0 unspecified atom stereocenters. The topological polar surface area (TPSA) is 15.3 Å². The Morgan fingerprint density at radius 2 is 1.94 bits per heavy atom. The Kier molecular flexibility index (Phi) is 3.85. The molecule has 1 aromatic carbocycles. The van der Waals surface area contributed by atoms with Crippen molar-refractivity contribution in [3.63, 3.8) is 0 Å². The largest absolute Gasteiger partial charge is 0.310 e. The van der Waals surface area contributed by atoms with E-state index in [9.17, 15) is 0 Å². The fourth-order valence-corrected chi connectivity index (χ4v) is 2.51. The molecule has 94 valence electrons. The Morgan fingerprint density at radius 3 is 2.65 bits per heavy atom. The van der Waals surface area contributed by atoms with Gasteiger partial charge in [-0.15, -0.1) is 0 Å². The van der Waals surface area contributed by atoms with E-state index in [4.69, 9.17) is 0 Å². The van der Waals surface area contributed by atoms with Crippen LogP contribution in [0.25, 0.3) is 0 Å². The van der Waals surface area contributed by atoms with E-state index in [-0.39, 0.29) is 5.54 Å². The van der Waals surface area contributed by atoms with Crippen LogP contribution in [-0.2, 0) is 6.54 Å². The summed E-state index contributed by atoms with van der Waals surface area (Å²) < 4.78 is 0. The highest BCUT2D eigenvalue weighted by atomic mass is 15.2. The molecule has 1 aromatic rings. The van der Waals surface area contributed by atoms with Gasteiger partial charge in [-0.3, -0.25) is 4.90 Å². The van der Waals surface area contributed by atoms with Crippen LogP contribution in [-0.4, -0.2) is 30.1 Å². The molecule has 2 nitrogen and oxygen atoms in total. The Labute approximate surface area is 105 Å². The summed E-state index contributed by atoms with van der Waals surface area (Å²) >= 11 is 0. The molecule has 1 fully saturated rings. The maximum Gasteiger partial charge on any atom is 0.0252 e. The molecular formula is C15H24N2. The van der Waals surface area contributed by atoms with Gasteiger partial charge < -0.3 is 5.32 Å². The van der Waals surface area contributed by atoms with Gasteiger partial charge in [0, 0.05) is 18.6 Å². The fourth-order valence-electron chi connectivity index (χ4n) is 2.51. The van der Waals surface area contributed by atoms with Gasteiger partial charge in [0.1, 0.15) is 0 Å².